The van der Waals surface area contributed by atoms with Crippen LogP contribution in [0.4, 0.5) is 0 Å². The summed E-state index contributed by atoms with van der Waals surface area (Å²) in [7, 11) is -17.0. The summed E-state index contributed by atoms with van der Waals surface area (Å²) >= 11 is 0. The number of hydrogen-bond donors (Lipinski definition) is 7. The van der Waals surface area contributed by atoms with E-state index < -0.39 is 60.0 Å². The Hall–Kier alpha value is -2.40. The topological polar surface area (TPSA) is 273 Å². The third kappa shape index (κ3) is 12.9. The second-order valence-corrected chi connectivity index (χ2v) is 17.0. The Morgan fingerprint density at radius 3 is 1.98 bits per heavy atom. The van der Waals surface area contributed by atoms with Crippen LogP contribution in [0.15, 0.2) is 59.3 Å². The van der Waals surface area contributed by atoms with Crippen LogP contribution in [0.3, 0.4) is 0 Å². The molecular formula is C30H47N4O14P3. The van der Waals surface area contributed by atoms with Crippen molar-refractivity contribution in [1.82, 2.24) is 19.5 Å². The Labute approximate surface area is 295 Å². The number of aromatic nitrogens is 4. The van der Waals surface area contributed by atoms with Crippen LogP contribution in [0.1, 0.15) is 79.6 Å². The molecule has 0 bridgehead atoms. The van der Waals surface area contributed by atoms with E-state index >= 15 is 0 Å². The van der Waals surface area contributed by atoms with Crippen LogP contribution in [-0.4, -0.2) is 79.3 Å². The summed E-state index contributed by atoms with van der Waals surface area (Å²) in [5, 5.41) is 32.6. The molecule has 0 aliphatic carbocycles. The monoisotopic (exact) mass is 780 g/mol. The summed E-state index contributed by atoms with van der Waals surface area (Å²) in [6, 6.07) is 0. The molecule has 1 saturated heterocycles. The molecular weight excluding hydrogens is 733 g/mol. The number of nitrogens with zero attached hydrogens (tertiary/aromatic N) is 4. The first-order valence-corrected chi connectivity index (χ1v) is 20.5. The zero-order chi connectivity index (χ0) is 38.2. The van der Waals surface area contributed by atoms with Gasteiger partial charge in [-0.1, -0.05) is 46.6 Å². The van der Waals surface area contributed by atoms with Gasteiger partial charge >= 0.3 is 23.5 Å². The number of phosphoric ester groups is 1. The normalized spacial score (nSPS) is 24.5. The molecule has 2 aromatic heterocycles. The maximum Gasteiger partial charge on any atom is 0.490 e. The molecule has 18 nitrogen and oxygen atoms in total. The lowest BCUT2D eigenvalue weighted by molar-refractivity contribution is -0.142. The number of ether oxygens (including phenoxy) is 1. The van der Waals surface area contributed by atoms with Crippen LogP contribution in [-0.2, 0) is 37.3 Å². The fraction of sp³-hybridized carbons (Fsp3) is 0.567. The quantitative estimate of drug-likeness (QED) is 0.0714. The molecule has 0 amide bonds. The van der Waals surface area contributed by atoms with Gasteiger partial charge in [0.2, 0.25) is 5.88 Å². The van der Waals surface area contributed by atoms with Gasteiger partial charge in [-0.25, -0.2) is 23.7 Å². The van der Waals surface area contributed by atoms with Crippen LogP contribution in [0.2, 0.25) is 0 Å². The Morgan fingerprint density at radius 2 is 1.41 bits per heavy atom. The van der Waals surface area contributed by atoms with Gasteiger partial charge in [0, 0.05) is 6.42 Å². The van der Waals surface area contributed by atoms with E-state index in [2.05, 4.69) is 74.0 Å². The smallest absolute Gasteiger partial charge is 0.490 e. The minimum Gasteiger partial charge on any atom is -0.492 e. The average molecular weight is 781 g/mol. The van der Waals surface area contributed by atoms with Crippen molar-refractivity contribution >= 4 is 34.6 Å². The van der Waals surface area contributed by atoms with E-state index in [0.29, 0.717) is 6.42 Å². The molecule has 1 aliphatic rings. The van der Waals surface area contributed by atoms with E-state index in [1.807, 2.05) is 6.92 Å². The standard InChI is InChI=1S/C30H47N4O14P3/c1-20(2)9-6-10-21(3)11-7-12-22(4)13-8-14-23(5)15-16-30(34-19-33-25-28(34)31-18-32-29(25)37)27(36)26(35)24(46-30)17-45-50(41,42)48-51(43,44)47-49(38,39)40/h9,11,13,15,18-19,24,26-27,35-36H,6-8,10,12,14,16-17H2,1-5H3,(H,41,42)(H,43,44)(H,31,32,37)(H2,38,39,40)/t24-,26-,27-,30-/m1/s1. The SMILES string of the molecule is CC(C)=CCCC(C)=CCCC(C)=CCCC(C)=CC[C@@]1(n2cnc3c(O)ncnc32)O[C@H](COP(=O)(O)OP(=O)(O)OP(=O)(O)O)[C@@H](O)[C@H]1O. The highest BCUT2D eigenvalue weighted by atomic mass is 31.3. The van der Waals surface area contributed by atoms with Gasteiger partial charge in [0.1, 0.15) is 24.6 Å². The van der Waals surface area contributed by atoms with E-state index in [1.54, 1.807) is 6.08 Å². The number of phosphoric acid groups is 3. The third-order valence-electron chi connectivity index (χ3n) is 7.96. The summed E-state index contributed by atoms with van der Waals surface area (Å²) in [4.78, 5) is 48.8. The lowest BCUT2D eigenvalue weighted by Gasteiger charge is -2.33. The Kier molecular flexibility index (Phi) is 15.3. The van der Waals surface area contributed by atoms with E-state index in [-0.39, 0.29) is 17.6 Å². The first-order chi connectivity index (χ1) is 23.6. The zero-order valence-electron chi connectivity index (χ0n) is 29.0. The van der Waals surface area contributed by atoms with Crippen molar-refractivity contribution in [3.63, 3.8) is 0 Å². The molecule has 51 heavy (non-hydrogen) atoms. The van der Waals surface area contributed by atoms with Crippen molar-refractivity contribution in [2.75, 3.05) is 6.61 Å². The fourth-order valence-electron chi connectivity index (χ4n) is 5.35. The Bertz CT molecular complexity index is 1780. The largest absolute Gasteiger partial charge is 0.492 e. The number of allylic oxidation sites excluding steroid dienone is 7. The third-order valence-corrected chi connectivity index (χ3v) is 11.8. The van der Waals surface area contributed by atoms with E-state index in [4.69, 9.17) is 14.5 Å². The Balaban J connectivity index is 1.75. The van der Waals surface area contributed by atoms with Gasteiger partial charge in [0.25, 0.3) is 0 Å². The summed E-state index contributed by atoms with van der Waals surface area (Å²) < 4.78 is 54.5. The van der Waals surface area contributed by atoms with E-state index in [0.717, 1.165) is 44.0 Å². The maximum absolute atomic E-state index is 12.3. The molecule has 0 radical (unpaired) electrons. The number of fused-ring (bicyclic) bond motifs is 1. The fourth-order valence-corrected chi connectivity index (χ4v) is 8.38. The molecule has 1 fully saturated rings. The van der Waals surface area contributed by atoms with Crippen LogP contribution in [0.5, 0.6) is 5.88 Å². The molecule has 1 aliphatic heterocycles. The lowest BCUT2D eigenvalue weighted by atomic mass is 9.97. The van der Waals surface area contributed by atoms with Crippen molar-refractivity contribution in [3.05, 3.63) is 59.3 Å². The average Bonchev–Trinajstić information content (AvgIpc) is 3.53. The van der Waals surface area contributed by atoms with Gasteiger partial charge in [-0.3, -0.25) is 9.09 Å². The van der Waals surface area contributed by atoms with Crippen molar-refractivity contribution in [2.24, 2.45) is 0 Å². The second-order valence-electron chi connectivity index (χ2n) is 12.6. The first-order valence-electron chi connectivity index (χ1n) is 15.9. The highest BCUT2D eigenvalue weighted by Gasteiger charge is 2.56. The molecule has 2 aromatic rings. The highest BCUT2D eigenvalue weighted by Crippen LogP contribution is 2.66. The second kappa shape index (κ2) is 18.1. The summed E-state index contributed by atoms with van der Waals surface area (Å²) in [5.74, 6) is -0.464. The molecule has 21 heteroatoms. The highest BCUT2D eigenvalue weighted by molar-refractivity contribution is 7.66. The molecule has 3 rings (SSSR count). The number of aliphatic hydroxyl groups excluding tert-OH is 2. The summed E-state index contributed by atoms with van der Waals surface area (Å²) in [5.41, 5.74) is 2.92. The molecule has 0 spiro atoms. The number of hydrogen-bond acceptors (Lipinski definition) is 13. The van der Waals surface area contributed by atoms with Crippen LogP contribution >= 0.6 is 23.5 Å². The van der Waals surface area contributed by atoms with Gasteiger partial charge in [0.05, 0.1) is 12.9 Å². The molecule has 6 atom stereocenters. The van der Waals surface area contributed by atoms with Crippen molar-refractivity contribution in [2.45, 2.75) is 104 Å². The van der Waals surface area contributed by atoms with E-state index in [9.17, 15) is 38.8 Å². The Morgan fingerprint density at radius 1 is 0.843 bits per heavy atom. The van der Waals surface area contributed by atoms with Gasteiger partial charge in [-0.05, 0) is 73.1 Å². The van der Waals surface area contributed by atoms with E-state index in [1.165, 1.54) is 27.6 Å². The van der Waals surface area contributed by atoms with Crippen molar-refractivity contribution in [1.29, 1.82) is 0 Å². The number of aliphatic hydroxyl groups is 2. The summed E-state index contributed by atoms with van der Waals surface area (Å²) in [6.07, 6.45) is 10.8. The van der Waals surface area contributed by atoms with Crippen LogP contribution < -0.4 is 0 Å². The number of aromatic hydroxyl groups is 1. The maximum atomic E-state index is 12.3. The van der Waals surface area contributed by atoms with Crippen LogP contribution in [0, 0.1) is 0 Å². The lowest BCUT2D eigenvalue weighted by Crippen LogP contribution is -2.45. The first kappa shape index (κ1) is 43.0. The molecule has 286 valence electrons. The number of rotatable bonds is 19. The predicted octanol–water partition coefficient (Wildman–Crippen LogP) is 5.18. The number of imidazole rings is 1. The molecule has 3 heterocycles. The minimum absolute atomic E-state index is 0.0214. The van der Waals surface area contributed by atoms with Crippen molar-refractivity contribution < 1.29 is 66.5 Å². The van der Waals surface area contributed by atoms with Crippen LogP contribution in [0.25, 0.3) is 11.2 Å². The van der Waals surface area contributed by atoms with Gasteiger partial charge in [0.15, 0.2) is 16.9 Å². The predicted molar refractivity (Wildman–Crippen MR) is 185 cm³/mol. The van der Waals surface area contributed by atoms with Gasteiger partial charge in [-0.15, -0.1) is 0 Å². The van der Waals surface area contributed by atoms with Gasteiger partial charge < -0.3 is 39.6 Å². The zero-order valence-corrected chi connectivity index (χ0v) is 31.7. The molecule has 0 saturated carbocycles. The molecule has 0 aromatic carbocycles. The molecule has 7 N–H and O–H groups in total. The summed E-state index contributed by atoms with van der Waals surface area (Å²) in [6.45, 7) is 9.26. The minimum atomic E-state index is -5.80. The molecule has 2 unspecified atom stereocenters. The van der Waals surface area contributed by atoms with Crippen molar-refractivity contribution in [3.8, 4) is 5.88 Å². The van der Waals surface area contributed by atoms with Gasteiger partial charge in [-0.2, -0.15) is 13.6 Å².